The van der Waals surface area contributed by atoms with E-state index in [-0.39, 0.29) is 17.0 Å². The van der Waals surface area contributed by atoms with Crippen LogP contribution in [0.2, 0.25) is 0 Å². The summed E-state index contributed by atoms with van der Waals surface area (Å²) >= 11 is 0. The molecule has 2 aromatic carbocycles. The van der Waals surface area contributed by atoms with Gasteiger partial charge in [-0.25, -0.2) is 0 Å². The van der Waals surface area contributed by atoms with E-state index in [0.29, 0.717) is 0 Å². The number of amides is 1. The molecule has 1 aliphatic rings. The van der Waals surface area contributed by atoms with E-state index in [9.17, 15) is 9.59 Å². The second kappa shape index (κ2) is 9.31. The highest BCUT2D eigenvalue weighted by atomic mass is 16.2. The summed E-state index contributed by atoms with van der Waals surface area (Å²) < 4.78 is 1.52. The molecule has 0 saturated carbocycles. The predicted octanol–water partition coefficient (Wildman–Crippen LogP) is 4.60. The van der Waals surface area contributed by atoms with Crippen molar-refractivity contribution in [3.8, 4) is 11.1 Å². The molecule has 0 bridgehead atoms. The number of benzene rings is 2. The monoisotopic (exact) mass is 415 g/mol. The maximum absolute atomic E-state index is 13.1. The van der Waals surface area contributed by atoms with Crippen molar-refractivity contribution in [3.05, 3.63) is 87.8 Å². The van der Waals surface area contributed by atoms with Gasteiger partial charge in [0.15, 0.2) is 0 Å². The van der Waals surface area contributed by atoms with Gasteiger partial charge in [0, 0.05) is 25.5 Å². The summed E-state index contributed by atoms with van der Waals surface area (Å²) in [5, 5.41) is 2.97. The fraction of sp³-hybridized carbons (Fsp3) is 0.308. The molecule has 1 N–H and O–H groups in total. The number of hydrogen-bond donors (Lipinski definition) is 1. The van der Waals surface area contributed by atoms with Crippen molar-refractivity contribution in [2.75, 3.05) is 18.4 Å². The highest BCUT2D eigenvalue weighted by Gasteiger charge is 2.17. The van der Waals surface area contributed by atoms with Gasteiger partial charge in [-0.1, -0.05) is 48.9 Å². The first-order chi connectivity index (χ1) is 15.0. The van der Waals surface area contributed by atoms with Crippen molar-refractivity contribution >= 4 is 11.6 Å². The van der Waals surface area contributed by atoms with E-state index >= 15 is 0 Å². The number of anilines is 1. The Labute approximate surface area is 183 Å². The van der Waals surface area contributed by atoms with Gasteiger partial charge in [-0.05, 0) is 67.2 Å². The van der Waals surface area contributed by atoms with Crippen LogP contribution in [0.25, 0.3) is 11.1 Å². The van der Waals surface area contributed by atoms with Crippen LogP contribution in [0.3, 0.4) is 0 Å². The number of carbonyl (C=O) groups excluding carboxylic acids is 1. The maximum atomic E-state index is 13.1. The van der Waals surface area contributed by atoms with Gasteiger partial charge >= 0.3 is 0 Å². The second-order valence-electron chi connectivity index (χ2n) is 8.31. The Morgan fingerprint density at radius 1 is 1.00 bits per heavy atom. The molecule has 0 atom stereocenters. The first kappa shape index (κ1) is 21.1. The third-order valence-electron chi connectivity index (χ3n) is 6.01. The minimum atomic E-state index is -0.366. The van der Waals surface area contributed by atoms with Gasteiger partial charge in [0.1, 0.15) is 5.56 Å². The number of nitrogens with one attached hydrogen (secondary N) is 1. The molecule has 160 valence electrons. The summed E-state index contributed by atoms with van der Waals surface area (Å²) in [5.74, 6) is -0.366. The van der Waals surface area contributed by atoms with Crippen LogP contribution in [0, 0.1) is 6.92 Å². The highest BCUT2D eigenvalue weighted by molar-refractivity contribution is 6.05. The number of aryl methyl sites for hydroxylation is 1. The summed E-state index contributed by atoms with van der Waals surface area (Å²) in [4.78, 5) is 28.2. The fourth-order valence-corrected chi connectivity index (χ4v) is 4.30. The lowest BCUT2D eigenvalue weighted by Crippen LogP contribution is -2.32. The first-order valence-corrected chi connectivity index (χ1v) is 10.9. The summed E-state index contributed by atoms with van der Waals surface area (Å²) in [6, 6.07) is 17.7. The lowest BCUT2D eigenvalue weighted by atomic mass is 9.99. The molecule has 5 heteroatoms. The smallest absolute Gasteiger partial charge is 0.263 e. The normalized spacial score (nSPS) is 14.4. The predicted molar refractivity (Wildman–Crippen MR) is 125 cm³/mol. The number of pyridine rings is 1. The average molecular weight is 416 g/mol. The maximum Gasteiger partial charge on any atom is 0.263 e. The SMILES string of the molecule is Cc1c(NC(=O)c2cc(CN3CCCCC3)cn(C)c2=O)cccc1-c1ccccc1. The summed E-state index contributed by atoms with van der Waals surface area (Å²) in [6.07, 6.45) is 5.53. The van der Waals surface area contributed by atoms with Crippen LogP contribution in [-0.4, -0.2) is 28.5 Å². The largest absolute Gasteiger partial charge is 0.322 e. The Hall–Kier alpha value is -3.18. The molecule has 1 aromatic heterocycles. The molecule has 4 rings (SSSR count). The third kappa shape index (κ3) is 4.78. The molecule has 5 nitrogen and oxygen atoms in total. The Bertz CT molecular complexity index is 1130. The van der Waals surface area contributed by atoms with Crippen LogP contribution in [-0.2, 0) is 13.6 Å². The van der Waals surface area contributed by atoms with Crippen LogP contribution in [0.1, 0.15) is 40.7 Å². The van der Waals surface area contributed by atoms with Crippen LogP contribution >= 0.6 is 0 Å². The van der Waals surface area contributed by atoms with Gasteiger partial charge in [0.2, 0.25) is 0 Å². The second-order valence-corrected chi connectivity index (χ2v) is 8.31. The fourth-order valence-electron chi connectivity index (χ4n) is 4.30. The van der Waals surface area contributed by atoms with Gasteiger partial charge < -0.3 is 9.88 Å². The zero-order chi connectivity index (χ0) is 21.8. The van der Waals surface area contributed by atoms with Gasteiger partial charge in [-0.3, -0.25) is 14.5 Å². The number of rotatable bonds is 5. The summed E-state index contributed by atoms with van der Waals surface area (Å²) in [5.41, 5.74) is 4.74. The Balaban J connectivity index is 1.59. The van der Waals surface area contributed by atoms with Gasteiger partial charge in [0.05, 0.1) is 0 Å². The number of hydrogen-bond acceptors (Lipinski definition) is 3. The molecule has 0 unspecified atom stereocenters. The third-order valence-corrected chi connectivity index (χ3v) is 6.01. The lowest BCUT2D eigenvalue weighted by Gasteiger charge is -2.26. The van der Waals surface area contributed by atoms with E-state index in [1.165, 1.54) is 23.8 Å². The van der Waals surface area contributed by atoms with Crippen molar-refractivity contribution in [3.63, 3.8) is 0 Å². The lowest BCUT2D eigenvalue weighted by molar-refractivity contribution is 0.102. The van der Waals surface area contributed by atoms with Gasteiger partial charge in [0.25, 0.3) is 11.5 Å². The van der Waals surface area contributed by atoms with E-state index in [0.717, 1.165) is 47.6 Å². The quantitative estimate of drug-likeness (QED) is 0.663. The van der Waals surface area contributed by atoms with Crippen molar-refractivity contribution in [1.29, 1.82) is 0 Å². The molecule has 1 fully saturated rings. The molecular formula is C26H29N3O2. The molecule has 31 heavy (non-hydrogen) atoms. The molecular weight excluding hydrogens is 386 g/mol. The molecule has 1 amide bonds. The number of carbonyl (C=O) groups is 1. The molecule has 0 aliphatic carbocycles. The van der Waals surface area contributed by atoms with E-state index < -0.39 is 0 Å². The van der Waals surface area contributed by atoms with Crippen molar-refractivity contribution in [1.82, 2.24) is 9.47 Å². The van der Waals surface area contributed by atoms with Crippen molar-refractivity contribution in [2.24, 2.45) is 7.05 Å². The summed E-state index contributed by atoms with van der Waals surface area (Å²) in [6.45, 7) is 4.88. The molecule has 1 saturated heterocycles. The zero-order valence-electron chi connectivity index (χ0n) is 18.2. The molecule has 2 heterocycles. The van der Waals surface area contributed by atoms with Gasteiger partial charge in [-0.15, -0.1) is 0 Å². The Morgan fingerprint density at radius 2 is 1.74 bits per heavy atom. The number of piperidine rings is 1. The summed E-state index contributed by atoms with van der Waals surface area (Å²) in [7, 11) is 1.71. The first-order valence-electron chi connectivity index (χ1n) is 10.9. The van der Waals surface area contributed by atoms with E-state index in [2.05, 4.69) is 10.2 Å². The van der Waals surface area contributed by atoms with Crippen molar-refractivity contribution < 1.29 is 4.79 Å². The molecule has 3 aromatic rings. The number of aromatic nitrogens is 1. The van der Waals surface area contributed by atoms with E-state index in [4.69, 9.17) is 0 Å². The average Bonchev–Trinajstić information content (AvgIpc) is 2.79. The van der Waals surface area contributed by atoms with Crippen molar-refractivity contribution in [2.45, 2.75) is 32.7 Å². The minimum Gasteiger partial charge on any atom is -0.322 e. The molecule has 0 radical (unpaired) electrons. The van der Waals surface area contributed by atoms with E-state index in [1.807, 2.05) is 61.7 Å². The van der Waals surface area contributed by atoms with Crippen LogP contribution < -0.4 is 10.9 Å². The van der Waals surface area contributed by atoms with Crippen LogP contribution in [0.4, 0.5) is 5.69 Å². The molecule has 0 spiro atoms. The zero-order valence-corrected chi connectivity index (χ0v) is 18.2. The topological polar surface area (TPSA) is 54.3 Å². The number of nitrogens with zero attached hydrogens (tertiary/aromatic N) is 2. The molecule has 1 aliphatic heterocycles. The Morgan fingerprint density at radius 3 is 2.48 bits per heavy atom. The van der Waals surface area contributed by atoms with Crippen LogP contribution in [0.5, 0.6) is 0 Å². The Kier molecular flexibility index (Phi) is 6.33. The van der Waals surface area contributed by atoms with Gasteiger partial charge in [-0.2, -0.15) is 0 Å². The van der Waals surface area contributed by atoms with Crippen LogP contribution in [0.15, 0.2) is 65.6 Å². The van der Waals surface area contributed by atoms with E-state index in [1.54, 1.807) is 13.1 Å². The number of likely N-dealkylation sites (tertiary alicyclic amines) is 1. The minimum absolute atomic E-state index is 0.182. The highest BCUT2D eigenvalue weighted by Crippen LogP contribution is 2.28. The standard InChI is InChI=1S/C26H29N3O2/c1-19-22(21-10-5-3-6-11-21)12-9-13-24(19)27-25(30)23-16-20(17-28(2)26(23)31)18-29-14-7-4-8-15-29/h3,5-6,9-13,16-17H,4,7-8,14-15,18H2,1-2H3,(H,27,30).